The molecule has 2 amide bonds. The van der Waals surface area contributed by atoms with E-state index in [0.717, 1.165) is 14.0 Å². The first-order valence-corrected chi connectivity index (χ1v) is 12.1. The molecule has 2 heterocycles. The highest BCUT2D eigenvalue weighted by atomic mass is 127. The number of rotatable bonds is 7. The number of anilines is 1. The number of nitrogens with zero attached hydrogens (tertiary/aromatic N) is 1. The van der Waals surface area contributed by atoms with Crippen molar-refractivity contribution in [3.8, 4) is 5.75 Å². The summed E-state index contributed by atoms with van der Waals surface area (Å²) >= 11 is 3.73. The predicted molar refractivity (Wildman–Crippen MR) is 133 cm³/mol. The van der Waals surface area contributed by atoms with Gasteiger partial charge in [-0.3, -0.25) is 9.59 Å². The Balaban J connectivity index is 1.80. The van der Waals surface area contributed by atoms with E-state index in [1.807, 2.05) is 53.9 Å². The quantitative estimate of drug-likeness (QED) is 0.415. The van der Waals surface area contributed by atoms with Gasteiger partial charge in [0.25, 0.3) is 5.91 Å². The van der Waals surface area contributed by atoms with Gasteiger partial charge in [-0.1, -0.05) is 18.2 Å². The SMILES string of the molecule is COCCN1C(=O)c2cc(I)ccc2C(C(=O)Nc2cccc(OC)c2)C1c1cccs1. The molecule has 0 radical (unpaired) electrons. The molecule has 1 N–H and O–H groups in total. The average molecular weight is 562 g/mol. The van der Waals surface area contributed by atoms with Gasteiger partial charge in [0.1, 0.15) is 5.75 Å². The first-order valence-electron chi connectivity index (χ1n) is 10.1. The van der Waals surface area contributed by atoms with E-state index in [-0.39, 0.29) is 11.8 Å². The Bertz CT molecular complexity index is 1120. The highest BCUT2D eigenvalue weighted by Gasteiger charge is 2.44. The van der Waals surface area contributed by atoms with Crippen LogP contribution in [0.2, 0.25) is 0 Å². The van der Waals surface area contributed by atoms with Crippen molar-refractivity contribution >= 4 is 51.4 Å². The van der Waals surface area contributed by atoms with Crippen molar-refractivity contribution in [1.29, 1.82) is 0 Å². The van der Waals surface area contributed by atoms with Crippen LogP contribution in [0.15, 0.2) is 60.0 Å². The highest BCUT2D eigenvalue weighted by Crippen LogP contribution is 2.45. The third-order valence-corrected chi connectivity index (χ3v) is 7.10. The summed E-state index contributed by atoms with van der Waals surface area (Å²) in [4.78, 5) is 30.0. The largest absolute Gasteiger partial charge is 0.497 e. The Morgan fingerprint density at radius 3 is 2.72 bits per heavy atom. The van der Waals surface area contributed by atoms with Gasteiger partial charge in [0.2, 0.25) is 5.91 Å². The summed E-state index contributed by atoms with van der Waals surface area (Å²) in [6.45, 7) is 0.781. The maximum absolute atomic E-state index is 13.7. The number of carbonyl (C=O) groups is 2. The topological polar surface area (TPSA) is 67.9 Å². The molecule has 1 aliphatic rings. The molecule has 0 spiro atoms. The van der Waals surface area contributed by atoms with Crippen LogP contribution in [0, 0.1) is 3.57 Å². The number of thiophene rings is 1. The summed E-state index contributed by atoms with van der Waals surface area (Å²) < 4.78 is 11.5. The van der Waals surface area contributed by atoms with Gasteiger partial charge in [-0.25, -0.2) is 0 Å². The molecule has 1 aromatic heterocycles. The second-order valence-corrected chi connectivity index (χ2v) is 9.61. The Kier molecular flexibility index (Phi) is 7.12. The van der Waals surface area contributed by atoms with Crippen molar-refractivity contribution in [1.82, 2.24) is 4.90 Å². The van der Waals surface area contributed by atoms with Crippen molar-refractivity contribution in [2.75, 3.05) is 32.7 Å². The third-order valence-electron chi connectivity index (χ3n) is 5.48. The van der Waals surface area contributed by atoms with Crippen LogP contribution in [0.25, 0.3) is 0 Å². The Morgan fingerprint density at radius 1 is 1.16 bits per heavy atom. The number of hydrogen-bond donors (Lipinski definition) is 1. The van der Waals surface area contributed by atoms with E-state index in [4.69, 9.17) is 9.47 Å². The number of fused-ring (bicyclic) bond motifs is 1. The minimum absolute atomic E-state index is 0.0839. The maximum atomic E-state index is 13.7. The van der Waals surface area contributed by atoms with Crippen LogP contribution in [0.1, 0.15) is 32.8 Å². The van der Waals surface area contributed by atoms with Crippen LogP contribution in [-0.4, -0.2) is 44.1 Å². The molecule has 166 valence electrons. The van der Waals surface area contributed by atoms with Gasteiger partial charge >= 0.3 is 0 Å². The maximum Gasteiger partial charge on any atom is 0.254 e. The van der Waals surface area contributed by atoms with Crippen molar-refractivity contribution < 1.29 is 19.1 Å². The fraction of sp³-hybridized carbons (Fsp3) is 0.250. The molecule has 0 saturated carbocycles. The van der Waals surface area contributed by atoms with E-state index in [2.05, 4.69) is 27.9 Å². The number of ether oxygens (including phenoxy) is 2. The summed E-state index contributed by atoms with van der Waals surface area (Å²) in [5, 5.41) is 5.01. The zero-order valence-corrected chi connectivity index (χ0v) is 20.7. The number of nitrogens with one attached hydrogen (secondary N) is 1. The predicted octanol–water partition coefficient (Wildman–Crippen LogP) is 4.93. The summed E-state index contributed by atoms with van der Waals surface area (Å²) in [5.74, 6) is -0.164. The summed E-state index contributed by atoms with van der Waals surface area (Å²) in [5.41, 5.74) is 1.95. The van der Waals surface area contributed by atoms with Crippen LogP contribution in [0.3, 0.4) is 0 Å². The van der Waals surface area contributed by atoms with Crippen molar-refractivity contribution in [2.45, 2.75) is 12.0 Å². The van der Waals surface area contributed by atoms with E-state index in [9.17, 15) is 9.59 Å². The molecular weight excluding hydrogens is 539 g/mol. The summed E-state index contributed by atoms with van der Waals surface area (Å²) in [6, 6.07) is 16.5. The van der Waals surface area contributed by atoms with Gasteiger partial charge in [-0.15, -0.1) is 11.3 Å². The fourth-order valence-electron chi connectivity index (χ4n) is 4.03. The zero-order valence-electron chi connectivity index (χ0n) is 17.7. The monoisotopic (exact) mass is 562 g/mol. The second-order valence-electron chi connectivity index (χ2n) is 7.38. The van der Waals surface area contributed by atoms with E-state index in [0.29, 0.717) is 30.2 Å². The summed E-state index contributed by atoms with van der Waals surface area (Å²) in [6.07, 6.45) is 0. The lowest BCUT2D eigenvalue weighted by Gasteiger charge is -2.41. The molecule has 2 aromatic carbocycles. The number of halogens is 1. The molecule has 0 saturated heterocycles. The molecule has 0 aliphatic carbocycles. The minimum Gasteiger partial charge on any atom is -0.497 e. The van der Waals surface area contributed by atoms with Crippen LogP contribution in [0.5, 0.6) is 5.75 Å². The molecule has 32 heavy (non-hydrogen) atoms. The average Bonchev–Trinajstić information content (AvgIpc) is 3.33. The Hall–Kier alpha value is -2.43. The van der Waals surface area contributed by atoms with Gasteiger partial charge in [0.05, 0.1) is 25.7 Å². The van der Waals surface area contributed by atoms with Gasteiger partial charge in [0, 0.05) is 39.4 Å². The molecule has 2 atom stereocenters. The van der Waals surface area contributed by atoms with Crippen molar-refractivity contribution in [2.24, 2.45) is 0 Å². The first-order chi connectivity index (χ1) is 15.5. The number of methoxy groups -OCH3 is 2. The zero-order chi connectivity index (χ0) is 22.7. The lowest BCUT2D eigenvalue weighted by atomic mass is 9.81. The normalized spacial score (nSPS) is 17.7. The number of amides is 2. The summed E-state index contributed by atoms with van der Waals surface area (Å²) in [7, 11) is 3.20. The lowest BCUT2D eigenvalue weighted by Crippen LogP contribution is -2.47. The van der Waals surface area contributed by atoms with Crippen LogP contribution in [-0.2, 0) is 9.53 Å². The van der Waals surface area contributed by atoms with Crippen LogP contribution >= 0.6 is 33.9 Å². The Morgan fingerprint density at radius 2 is 2.00 bits per heavy atom. The molecule has 0 fully saturated rings. The molecule has 4 rings (SSSR count). The Labute approximate surface area is 204 Å². The molecule has 1 aliphatic heterocycles. The van der Waals surface area contributed by atoms with Gasteiger partial charge in [-0.2, -0.15) is 0 Å². The third kappa shape index (κ3) is 4.53. The van der Waals surface area contributed by atoms with E-state index in [1.165, 1.54) is 0 Å². The molecule has 8 heteroatoms. The van der Waals surface area contributed by atoms with Crippen LogP contribution in [0.4, 0.5) is 5.69 Å². The van der Waals surface area contributed by atoms with Gasteiger partial charge in [0.15, 0.2) is 0 Å². The molecule has 0 bridgehead atoms. The lowest BCUT2D eigenvalue weighted by molar-refractivity contribution is -0.119. The first kappa shape index (κ1) is 22.8. The number of benzene rings is 2. The number of hydrogen-bond acceptors (Lipinski definition) is 5. The minimum atomic E-state index is -0.568. The smallest absolute Gasteiger partial charge is 0.254 e. The molecule has 3 aromatic rings. The number of carbonyl (C=O) groups excluding carboxylic acids is 2. The van der Waals surface area contributed by atoms with E-state index < -0.39 is 12.0 Å². The van der Waals surface area contributed by atoms with E-state index in [1.54, 1.807) is 36.5 Å². The van der Waals surface area contributed by atoms with Crippen LogP contribution < -0.4 is 10.1 Å². The highest BCUT2D eigenvalue weighted by molar-refractivity contribution is 14.1. The van der Waals surface area contributed by atoms with Crippen molar-refractivity contribution in [3.05, 3.63) is 79.6 Å². The molecule has 2 unspecified atom stereocenters. The van der Waals surface area contributed by atoms with E-state index >= 15 is 0 Å². The van der Waals surface area contributed by atoms with Crippen molar-refractivity contribution in [3.63, 3.8) is 0 Å². The van der Waals surface area contributed by atoms with Gasteiger partial charge < -0.3 is 19.7 Å². The molecular formula is C24H23IN2O4S. The van der Waals surface area contributed by atoms with Gasteiger partial charge in [-0.05, 0) is 63.9 Å². The second kappa shape index (κ2) is 10.0. The fourth-order valence-corrected chi connectivity index (χ4v) is 5.39. The standard InChI is InChI=1S/C24H23IN2O4S/c1-30-11-10-27-22(20-7-4-12-32-20)21(18-9-8-15(25)13-19(18)24(27)29)23(28)26-16-5-3-6-17(14-16)31-2/h3-9,12-14,21-22H,10-11H2,1-2H3,(H,26,28). The molecule has 6 nitrogen and oxygen atoms in total.